The molecule has 0 bridgehead atoms. The van der Waals surface area contributed by atoms with Crippen LogP contribution < -0.4 is 21.3 Å². The number of likely N-dealkylation sites (tertiary alicyclic amines) is 1. The van der Waals surface area contributed by atoms with Crippen LogP contribution in [0.3, 0.4) is 0 Å². The minimum atomic E-state index is -1.25. The first kappa shape index (κ1) is 60.0. The van der Waals surface area contributed by atoms with E-state index in [1.165, 1.54) is 31.0 Å². The Bertz CT molecular complexity index is 2200. The van der Waals surface area contributed by atoms with Crippen molar-refractivity contribution in [2.45, 2.75) is 90.1 Å². The van der Waals surface area contributed by atoms with Crippen molar-refractivity contribution in [3.63, 3.8) is 0 Å². The van der Waals surface area contributed by atoms with Crippen LogP contribution in [-0.2, 0) is 57.4 Å². The van der Waals surface area contributed by atoms with Gasteiger partial charge in [0.2, 0.25) is 35.4 Å². The van der Waals surface area contributed by atoms with Gasteiger partial charge < -0.3 is 40.2 Å². The number of carbonyl (C=O) groups excluding carboxylic acids is 7. The number of urea groups is 1. The third kappa shape index (κ3) is 18.1. The Morgan fingerprint density at radius 2 is 1.47 bits per heavy atom. The highest BCUT2D eigenvalue weighted by molar-refractivity contribution is 8.15. The molecule has 0 aliphatic carbocycles. The zero-order valence-electron chi connectivity index (χ0n) is 42.9. The van der Waals surface area contributed by atoms with Gasteiger partial charge in [-0.2, -0.15) is 10.1 Å². The molecule has 1 saturated heterocycles. The maximum atomic E-state index is 15.0. The molecule has 20 nitrogen and oxygen atoms in total. The largest absolute Gasteiger partial charge is 0.379 e. The minimum Gasteiger partial charge on any atom is -0.379 e. The van der Waals surface area contributed by atoms with E-state index >= 15 is 4.39 Å². The fourth-order valence-electron chi connectivity index (χ4n) is 7.76. The molecule has 23 heteroatoms. The number of rotatable bonds is 32. The van der Waals surface area contributed by atoms with E-state index in [1.54, 1.807) is 44.2 Å². The molecule has 1 fully saturated rings. The molecule has 2 aliphatic heterocycles. The second-order valence-corrected chi connectivity index (χ2v) is 19.1. The summed E-state index contributed by atoms with van der Waals surface area (Å²) < 4.78 is 51.3. The van der Waals surface area contributed by atoms with E-state index in [4.69, 9.17) is 23.8 Å². The van der Waals surface area contributed by atoms with Crippen LogP contribution in [0.25, 0.3) is 0 Å². The number of hydroxylamine groups is 2. The van der Waals surface area contributed by atoms with E-state index in [1.807, 2.05) is 13.8 Å². The molecular weight excluding hydrogens is 975 g/mol. The van der Waals surface area contributed by atoms with Crippen molar-refractivity contribution in [1.82, 2.24) is 36.2 Å². The van der Waals surface area contributed by atoms with Crippen LogP contribution in [0.1, 0.15) is 84.3 Å². The van der Waals surface area contributed by atoms with Gasteiger partial charge in [-0.1, -0.05) is 76.2 Å². The number of amides is 8. The number of imide groups is 1. The van der Waals surface area contributed by atoms with E-state index < -0.39 is 52.3 Å². The Balaban J connectivity index is 1.08. The molecule has 2 aliphatic rings. The van der Waals surface area contributed by atoms with Gasteiger partial charge in [0.25, 0.3) is 0 Å². The lowest BCUT2D eigenvalue weighted by atomic mass is 9.90. The van der Waals surface area contributed by atoms with E-state index in [-0.39, 0.29) is 124 Å². The lowest BCUT2D eigenvalue weighted by molar-refractivity contribution is -0.140. The summed E-state index contributed by atoms with van der Waals surface area (Å²) in [5, 5.41) is 17.6. The summed E-state index contributed by atoms with van der Waals surface area (Å²) in [5.41, 5.74) is 0.521. The third-order valence-electron chi connectivity index (χ3n) is 12.2. The lowest BCUT2D eigenvalue weighted by Crippen LogP contribution is -2.54. The van der Waals surface area contributed by atoms with E-state index in [2.05, 4.69) is 26.4 Å². The van der Waals surface area contributed by atoms with Crippen molar-refractivity contribution in [2.75, 3.05) is 86.6 Å². The maximum Gasteiger partial charge on any atom is 0.365 e. The van der Waals surface area contributed by atoms with Gasteiger partial charge in [-0.25, -0.2) is 18.6 Å². The monoisotopic (exact) mass is 1050 g/mol. The van der Waals surface area contributed by atoms with Gasteiger partial charge in [0, 0.05) is 57.4 Å². The Morgan fingerprint density at radius 3 is 2.10 bits per heavy atom. The summed E-state index contributed by atoms with van der Waals surface area (Å²) in [4.78, 5) is 95.1. The fourth-order valence-corrected chi connectivity index (χ4v) is 9.18. The predicted octanol–water partition coefficient (Wildman–Crippen LogP) is 4.07. The first-order valence-electron chi connectivity index (χ1n) is 24.6. The van der Waals surface area contributed by atoms with Gasteiger partial charge in [0.15, 0.2) is 0 Å². The molecule has 2 aromatic rings. The molecule has 73 heavy (non-hydrogen) atoms. The van der Waals surface area contributed by atoms with Crippen molar-refractivity contribution >= 4 is 58.3 Å². The number of carbonyl (C=O) groups is 7. The quantitative estimate of drug-likeness (QED) is 0.0460. The highest BCUT2D eigenvalue weighted by Crippen LogP contribution is 2.51. The minimum absolute atomic E-state index is 0.0178. The van der Waals surface area contributed by atoms with Gasteiger partial charge in [-0.3, -0.25) is 38.5 Å². The number of ether oxygens (including phenoxy) is 4. The summed E-state index contributed by atoms with van der Waals surface area (Å²) in [7, 11) is 2.70. The molecule has 0 spiro atoms. The molecule has 404 valence electrons. The number of hydrazone groups is 1. The molecule has 4 N–H and O–H groups in total. The van der Waals surface area contributed by atoms with E-state index in [9.17, 15) is 38.0 Å². The summed E-state index contributed by atoms with van der Waals surface area (Å²) >= 11 is 1.08. The number of nitrogens with one attached hydrogen (secondary N) is 4. The molecule has 2 heterocycles. The van der Waals surface area contributed by atoms with Crippen LogP contribution in [0.2, 0.25) is 0 Å². The Morgan fingerprint density at radius 1 is 0.822 bits per heavy atom. The Kier molecular flexibility index (Phi) is 25.1. The van der Waals surface area contributed by atoms with Crippen molar-refractivity contribution < 1.29 is 66.1 Å². The topological polar surface area (TPSA) is 236 Å². The Hall–Kier alpha value is -5.59. The van der Waals surface area contributed by atoms with Gasteiger partial charge >= 0.3 is 6.03 Å². The van der Waals surface area contributed by atoms with Crippen molar-refractivity contribution in [1.29, 1.82) is 0 Å². The highest BCUT2D eigenvalue weighted by Gasteiger charge is 2.50. The first-order chi connectivity index (χ1) is 34.9. The molecule has 5 atom stereocenters. The van der Waals surface area contributed by atoms with Gasteiger partial charge in [-0.15, -0.1) is 0 Å². The zero-order chi connectivity index (χ0) is 53.5. The van der Waals surface area contributed by atoms with E-state index in [0.717, 1.165) is 41.4 Å². The number of hydrogen-bond acceptors (Lipinski definition) is 14. The Labute approximate surface area is 430 Å². The van der Waals surface area contributed by atoms with Crippen LogP contribution in [0.5, 0.6) is 0 Å². The summed E-state index contributed by atoms with van der Waals surface area (Å²) in [6.07, 6.45) is 1.52. The van der Waals surface area contributed by atoms with Gasteiger partial charge in [-0.05, 0) is 55.4 Å². The van der Waals surface area contributed by atoms with Crippen molar-refractivity contribution in [3.05, 3.63) is 71.3 Å². The van der Waals surface area contributed by atoms with Gasteiger partial charge in [0.1, 0.15) is 33.6 Å². The molecule has 2 aromatic carbocycles. The molecule has 0 radical (unpaired) electrons. The predicted molar refractivity (Wildman–Crippen MR) is 267 cm³/mol. The smallest absolute Gasteiger partial charge is 0.365 e. The number of thioether (sulfide) groups is 1. The maximum absolute atomic E-state index is 15.0. The van der Waals surface area contributed by atoms with E-state index in [0.29, 0.717) is 32.0 Å². The average Bonchev–Trinajstić information content (AvgIpc) is 3.90. The summed E-state index contributed by atoms with van der Waals surface area (Å²) in [6, 6.07) is 9.35. The third-order valence-corrected chi connectivity index (χ3v) is 13.7. The zero-order valence-corrected chi connectivity index (χ0v) is 43.7. The van der Waals surface area contributed by atoms with Crippen LogP contribution in [-0.4, -0.2) is 160 Å². The molecule has 3 unspecified atom stereocenters. The SMILES string of the molecule is CCC(C)C1CC(=O)N(CCC(=O)NCCOCCOCCOCCOCCC(=O)NC(C(=O)N[C@@H](C)C(=O)NCCC[C@@]2(c3ccccc3)SC(c3cc(F)ccc3F)=NN2C(=O)N(C)OC)C(C)C)C1=O. The summed E-state index contributed by atoms with van der Waals surface area (Å²) in [5.74, 6) is -4.05. The first-order valence-corrected chi connectivity index (χ1v) is 25.4. The van der Waals surface area contributed by atoms with Gasteiger partial charge in [0.05, 0.1) is 60.0 Å². The van der Waals surface area contributed by atoms with Crippen molar-refractivity contribution in [2.24, 2.45) is 22.9 Å². The normalized spacial score (nSPS) is 17.8. The highest BCUT2D eigenvalue weighted by atomic mass is 32.2. The molecule has 0 aromatic heterocycles. The second kappa shape index (κ2) is 30.6. The van der Waals surface area contributed by atoms with Crippen LogP contribution >= 0.6 is 11.8 Å². The van der Waals surface area contributed by atoms with Crippen LogP contribution in [0.4, 0.5) is 13.6 Å². The lowest BCUT2D eigenvalue weighted by Gasteiger charge is -2.37. The number of nitrogens with zero attached hydrogens (tertiary/aromatic N) is 4. The standard InChI is InChI=1S/C50H72F2N8O12S/c1-8-34(4)38-32-43(63)59(48(38)66)22-17-41(61)53-21-24-70-26-28-72-30-29-71-27-25-69-23-18-42(62)56-44(33(2)3)46(65)55-35(5)45(64)54-20-12-19-50(36-13-10-9-11-14-36)60(49(67)58(6)68-7)57-47(73-50)39-31-37(51)15-16-40(39)52/h9-11,13-16,31,33-35,38,44H,8,12,17-30,32H2,1-7H3,(H,53,61)(H,54,64)(H,55,65)(H,56,62)/t34?,35-,38?,44?,50-/m0/s1. The van der Waals surface area contributed by atoms with Crippen LogP contribution in [0.15, 0.2) is 53.6 Å². The summed E-state index contributed by atoms with van der Waals surface area (Å²) in [6.45, 7) is 11.5. The number of halogens is 2. The molecule has 8 amide bonds. The number of hydrogen-bond donors (Lipinski definition) is 4. The molecular formula is C50H72F2N8O12S. The van der Waals surface area contributed by atoms with Crippen molar-refractivity contribution in [3.8, 4) is 0 Å². The van der Waals surface area contributed by atoms with Crippen LogP contribution in [0, 0.1) is 29.4 Å². The molecule has 4 rings (SSSR count). The average molecular weight is 1050 g/mol. The molecule has 0 saturated carbocycles. The second-order valence-electron chi connectivity index (χ2n) is 17.8. The number of benzene rings is 2. The fraction of sp³-hybridized carbons (Fsp3) is 0.600.